The standard InChI is InChI=1S/C6H8ClNOS/c1-8-6-5(9-2)4(7)3-10-6/h3,8H,1-2H3. The van der Waals surface area contributed by atoms with E-state index < -0.39 is 0 Å². The summed E-state index contributed by atoms with van der Waals surface area (Å²) in [6.45, 7) is 0. The molecule has 0 atom stereocenters. The summed E-state index contributed by atoms with van der Waals surface area (Å²) < 4.78 is 5.02. The van der Waals surface area contributed by atoms with Gasteiger partial charge in [0, 0.05) is 12.4 Å². The van der Waals surface area contributed by atoms with Crippen molar-refractivity contribution in [2.75, 3.05) is 19.5 Å². The molecule has 0 saturated heterocycles. The predicted molar refractivity (Wildman–Crippen MR) is 45.4 cm³/mol. The molecular weight excluding hydrogens is 170 g/mol. The second-order valence-electron chi connectivity index (χ2n) is 1.70. The maximum Gasteiger partial charge on any atom is 0.171 e. The Morgan fingerprint density at radius 2 is 2.40 bits per heavy atom. The summed E-state index contributed by atoms with van der Waals surface area (Å²) in [7, 11) is 3.44. The summed E-state index contributed by atoms with van der Waals surface area (Å²) in [5.41, 5.74) is 0. The highest BCUT2D eigenvalue weighted by Crippen LogP contribution is 2.38. The van der Waals surface area contributed by atoms with Gasteiger partial charge in [0.25, 0.3) is 0 Å². The van der Waals surface area contributed by atoms with Crippen molar-refractivity contribution in [1.82, 2.24) is 0 Å². The lowest BCUT2D eigenvalue weighted by Gasteiger charge is -2.00. The van der Waals surface area contributed by atoms with Gasteiger partial charge in [-0.2, -0.15) is 0 Å². The molecule has 4 heteroatoms. The van der Waals surface area contributed by atoms with E-state index in [0.717, 1.165) is 10.8 Å². The fraction of sp³-hybridized carbons (Fsp3) is 0.333. The molecule has 0 aliphatic rings. The molecule has 1 rings (SSSR count). The summed E-state index contributed by atoms with van der Waals surface area (Å²) in [5, 5.41) is 6.44. The largest absolute Gasteiger partial charge is 0.492 e. The van der Waals surface area contributed by atoms with E-state index in [9.17, 15) is 0 Å². The summed E-state index contributed by atoms with van der Waals surface area (Å²) in [6, 6.07) is 0. The van der Waals surface area contributed by atoms with Crippen molar-refractivity contribution in [3.05, 3.63) is 10.4 Å². The number of halogens is 1. The number of hydrogen-bond acceptors (Lipinski definition) is 3. The van der Waals surface area contributed by atoms with E-state index in [4.69, 9.17) is 16.3 Å². The van der Waals surface area contributed by atoms with Crippen molar-refractivity contribution in [2.24, 2.45) is 0 Å². The SMILES string of the molecule is CNc1scc(Cl)c1OC. The highest BCUT2D eigenvalue weighted by molar-refractivity contribution is 7.15. The van der Waals surface area contributed by atoms with Gasteiger partial charge in [-0.1, -0.05) is 11.6 Å². The highest BCUT2D eigenvalue weighted by Gasteiger charge is 2.07. The minimum Gasteiger partial charge on any atom is -0.492 e. The number of nitrogens with one attached hydrogen (secondary N) is 1. The molecule has 0 aliphatic heterocycles. The molecule has 0 bridgehead atoms. The Kier molecular flexibility index (Phi) is 2.40. The maximum atomic E-state index is 5.77. The molecule has 0 unspecified atom stereocenters. The molecule has 1 heterocycles. The first kappa shape index (κ1) is 7.69. The first-order valence-electron chi connectivity index (χ1n) is 2.78. The van der Waals surface area contributed by atoms with Gasteiger partial charge in [0.2, 0.25) is 0 Å². The van der Waals surface area contributed by atoms with E-state index >= 15 is 0 Å². The zero-order valence-corrected chi connectivity index (χ0v) is 7.34. The van der Waals surface area contributed by atoms with Gasteiger partial charge in [-0.15, -0.1) is 11.3 Å². The van der Waals surface area contributed by atoms with Crippen molar-refractivity contribution in [2.45, 2.75) is 0 Å². The van der Waals surface area contributed by atoms with E-state index in [0.29, 0.717) is 5.02 Å². The van der Waals surface area contributed by atoms with Crippen LogP contribution in [0, 0.1) is 0 Å². The van der Waals surface area contributed by atoms with Gasteiger partial charge in [0.05, 0.1) is 12.1 Å². The van der Waals surface area contributed by atoms with Crippen molar-refractivity contribution >= 4 is 27.9 Å². The Bertz CT molecular complexity index is 224. The van der Waals surface area contributed by atoms with E-state index in [1.165, 1.54) is 11.3 Å². The maximum absolute atomic E-state index is 5.77. The molecule has 56 valence electrons. The van der Waals surface area contributed by atoms with Crippen LogP contribution >= 0.6 is 22.9 Å². The lowest BCUT2D eigenvalue weighted by Crippen LogP contribution is -1.88. The van der Waals surface area contributed by atoms with E-state index in [1.807, 2.05) is 12.4 Å². The zero-order valence-electron chi connectivity index (χ0n) is 5.77. The van der Waals surface area contributed by atoms with Crippen LogP contribution in [0.25, 0.3) is 0 Å². The smallest absolute Gasteiger partial charge is 0.171 e. The minimum absolute atomic E-state index is 0.664. The van der Waals surface area contributed by atoms with Crippen LogP contribution in [0.15, 0.2) is 5.38 Å². The lowest BCUT2D eigenvalue weighted by molar-refractivity contribution is 0.418. The Labute approximate surface area is 68.8 Å². The molecule has 2 nitrogen and oxygen atoms in total. The highest BCUT2D eigenvalue weighted by atomic mass is 35.5. The first-order chi connectivity index (χ1) is 4.79. The Morgan fingerprint density at radius 1 is 1.70 bits per heavy atom. The van der Waals surface area contributed by atoms with E-state index in [1.54, 1.807) is 7.11 Å². The summed E-state index contributed by atoms with van der Waals surface area (Å²) >= 11 is 7.30. The number of thiophene rings is 1. The summed E-state index contributed by atoms with van der Waals surface area (Å²) in [5.74, 6) is 0.731. The van der Waals surface area contributed by atoms with Crippen molar-refractivity contribution in [1.29, 1.82) is 0 Å². The van der Waals surface area contributed by atoms with E-state index in [2.05, 4.69) is 5.32 Å². The third-order valence-corrected chi connectivity index (χ3v) is 2.52. The molecule has 10 heavy (non-hydrogen) atoms. The van der Waals surface area contributed by atoms with Gasteiger partial charge < -0.3 is 10.1 Å². The van der Waals surface area contributed by atoms with Crippen molar-refractivity contribution < 1.29 is 4.74 Å². The predicted octanol–water partition coefficient (Wildman–Crippen LogP) is 2.45. The second kappa shape index (κ2) is 3.12. The van der Waals surface area contributed by atoms with Crippen LogP contribution in [-0.2, 0) is 0 Å². The van der Waals surface area contributed by atoms with Crippen LogP contribution in [0.5, 0.6) is 5.75 Å². The Hall–Kier alpha value is -0.410. The Balaban J connectivity index is 3.01. The molecule has 1 aromatic heterocycles. The number of anilines is 1. The van der Waals surface area contributed by atoms with Gasteiger partial charge in [-0.25, -0.2) is 0 Å². The zero-order chi connectivity index (χ0) is 7.56. The average molecular weight is 178 g/mol. The van der Waals surface area contributed by atoms with Crippen LogP contribution in [0.4, 0.5) is 5.00 Å². The van der Waals surface area contributed by atoms with E-state index in [-0.39, 0.29) is 0 Å². The van der Waals surface area contributed by atoms with Crippen LogP contribution in [0.1, 0.15) is 0 Å². The number of rotatable bonds is 2. The molecule has 0 saturated carbocycles. The first-order valence-corrected chi connectivity index (χ1v) is 4.04. The van der Waals surface area contributed by atoms with Crippen molar-refractivity contribution in [3.63, 3.8) is 0 Å². The molecule has 0 spiro atoms. The normalized spacial score (nSPS) is 9.50. The van der Waals surface area contributed by atoms with Gasteiger partial charge in [-0.05, 0) is 0 Å². The average Bonchev–Trinajstić information content (AvgIpc) is 2.30. The van der Waals surface area contributed by atoms with Crippen LogP contribution in [0.2, 0.25) is 5.02 Å². The quantitative estimate of drug-likeness (QED) is 0.750. The third-order valence-electron chi connectivity index (χ3n) is 1.13. The topological polar surface area (TPSA) is 21.3 Å². The lowest BCUT2D eigenvalue weighted by atomic mass is 10.5. The number of ether oxygens (including phenoxy) is 1. The molecule has 1 aromatic rings. The van der Waals surface area contributed by atoms with Crippen LogP contribution in [-0.4, -0.2) is 14.2 Å². The van der Waals surface area contributed by atoms with Crippen LogP contribution < -0.4 is 10.1 Å². The Morgan fingerprint density at radius 3 is 2.80 bits per heavy atom. The number of hydrogen-bond donors (Lipinski definition) is 1. The fourth-order valence-corrected chi connectivity index (χ4v) is 1.80. The van der Waals surface area contributed by atoms with Crippen LogP contribution in [0.3, 0.4) is 0 Å². The second-order valence-corrected chi connectivity index (χ2v) is 2.98. The van der Waals surface area contributed by atoms with Gasteiger partial charge in [0.15, 0.2) is 5.75 Å². The van der Waals surface area contributed by atoms with Gasteiger partial charge >= 0.3 is 0 Å². The van der Waals surface area contributed by atoms with Gasteiger partial charge in [-0.3, -0.25) is 0 Å². The van der Waals surface area contributed by atoms with Crippen molar-refractivity contribution in [3.8, 4) is 5.75 Å². The molecule has 0 fully saturated rings. The molecule has 1 N–H and O–H groups in total. The minimum atomic E-state index is 0.664. The fourth-order valence-electron chi connectivity index (χ4n) is 0.689. The molecule has 0 aliphatic carbocycles. The molecular formula is C6H8ClNOS. The summed E-state index contributed by atoms with van der Waals surface area (Å²) in [6.07, 6.45) is 0. The monoisotopic (exact) mass is 177 g/mol. The molecule has 0 aromatic carbocycles. The number of methoxy groups -OCH3 is 1. The van der Waals surface area contributed by atoms with Gasteiger partial charge in [0.1, 0.15) is 5.00 Å². The molecule has 0 radical (unpaired) electrons. The summed E-state index contributed by atoms with van der Waals surface area (Å²) in [4.78, 5) is 0. The third kappa shape index (κ3) is 1.20. The molecule has 0 amide bonds.